The highest BCUT2D eigenvalue weighted by Gasteiger charge is 2.32. The molecule has 0 spiro atoms. The molecule has 5 rings (SSSR count). The molecule has 0 aliphatic carbocycles. The molecule has 180 valence electrons. The summed E-state index contributed by atoms with van der Waals surface area (Å²) in [6.45, 7) is 0.730. The molecule has 7 nitrogen and oxygen atoms in total. The topological polar surface area (TPSA) is 84.0 Å². The monoisotopic (exact) mass is 494 g/mol. The largest absolute Gasteiger partial charge is 0.454 e. The molecule has 3 aromatic rings. The summed E-state index contributed by atoms with van der Waals surface area (Å²) in [6.07, 6.45) is 0.0531. The highest BCUT2D eigenvalue weighted by Crippen LogP contribution is 2.31. The lowest BCUT2D eigenvalue weighted by molar-refractivity contribution is 0.0252. The van der Waals surface area contributed by atoms with Crippen LogP contribution in [-0.2, 0) is 21.2 Å². The maximum atomic E-state index is 13.2. The van der Waals surface area contributed by atoms with E-state index < -0.39 is 27.9 Å². The Labute approximate surface area is 202 Å². The molecule has 0 radical (unpaired) electrons. The van der Waals surface area contributed by atoms with E-state index in [1.165, 1.54) is 16.4 Å². The number of carbonyl (C=O) groups excluding carboxylic acids is 2. The molecule has 1 unspecified atom stereocenters. The second-order valence-corrected chi connectivity index (χ2v) is 10.5. The van der Waals surface area contributed by atoms with Crippen LogP contribution in [0.15, 0.2) is 77.7 Å². The number of benzene rings is 3. The van der Waals surface area contributed by atoms with E-state index in [-0.39, 0.29) is 37.0 Å². The number of hydrogen-bond acceptors (Lipinski definition) is 5. The Morgan fingerprint density at radius 1 is 0.914 bits per heavy atom. The zero-order valence-electron chi connectivity index (χ0n) is 18.8. The molecule has 0 aromatic heterocycles. The van der Waals surface area contributed by atoms with Gasteiger partial charge >= 0.3 is 5.97 Å². The fourth-order valence-electron chi connectivity index (χ4n) is 4.45. The molecule has 1 saturated heterocycles. The summed E-state index contributed by atoms with van der Waals surface area (Å²) in [4.78, 5) is 27.3. The summed E-state index contributed by atoms with van der Waals surface area (Å²) in [5.41, 5.74) is 2.53. The first-order chi connectivity index (χ1) is 16.8. The number of amides is 1. The van der Waals surface area contributed by atoms with Crippen molar-refractivity contribution in [1.82, 2.24) is 9.21 Å². The van der Waals surface area contributed by atoms with Crippen molar-refractivity contribution in [3.8, 4) is 0 Å². The van der Waals surface area contributed by atoms with Crippen molar-refractivity contribution in [3.05, 3.63) is 101 Å². The standard InChI is InChI=1S/C26H23FN2O5S/c27-21-7-9-22(10-8-21)35(32,33)29-14-12-28(13-15-29)25(30)19-6-11-23-20(16-19)17-24(34-26(23)31)18-4-2-1-3-5-18/h1-11,16,24H,12-15,17H2. The Balaban J connectivity index is 1.29. The van der Waals surface area contributed by atoms with Gasteiger partial charge in [0.05, 0.1) is 10.5 Å². The Morgan fingerprint density at radius 2 is 1.60 bits per heavy atom. The Hall–Kier alpha value is -3.56. The van der Waals surface area contributed by atoms with Crippen LogP contribution < -0.4 is 0 Å². The van der Waals surface area contributed by atoms with Crippen LogP contribution in [0.4, 0.5) is 4.39 Å². The maximum Gasteiger partial charge on any atom is 0.339 e. The van der Waals surface area contributed by atoms with Crippen LogP contribution in [-0.4, -0.2) is 55.7 Å². The van der Waals surface area contributed by atoms with Crippen LogP contribution in [0.25, 0.3) is 0 Å². The smallest absolute Gasteiger partial charge is 0.339 e. The van der Waals surface area contributed by atoms with E-state index in [1.54, 1.807) is 23.1 Å². The summed E-state index contributed by atoms with van der Waals surface area (Å²) in [6, 6.07) is 19.1. The number of esters is 1. The lowest BCUT2D eigenvalue weighted by Crippen LogP contribution is -2.50. The quantitative estimate of drug-likeness (QED) is 0.519. The van der Waals surface area contributed by atoms with Gasteiger partial charge in [0, 0.05) is 38.2 Å². The molecule has 9 heteroatoms. The predicted molar refractivity (Wildman–Crippen MR) is 126 cm³/mol. The molecule has 0 bridgehead atoms. The zero-order valence-corrected chi connectivity index (χ0v) is 19.6. The first-order valence-corrected chi connectivity index (χ1v) is 12.7. The van der Waals surface area contributed by atoms with Crippen molar-refractivity contribution < 1.29 is 27.1 Å². The molecule has 2 heterocycles. The van der Waals surface area contributed by atoms with Crippen LogP contribution in [0.3, 0.4) is 0 Å². The summed E-state index contributed by atoms with van der Waals surface area (Å²) < 4.78 is 45.7. The van der Waals surface area contributed by atoms with Gasteiger partial charge in [0.25, 0.3) is 5.91 Å². The number of cyclic esters (lactones) is 1. The van der Waals surface area contributed by atoms with E-state index in [4.69, 9.17) is 4.74 Å². The zero-order chi connectivity index (χ0) is 24.6. The number of hydrogen-bond donors (Lipinski definition) is 0. The van der Waals surface area contributed by atoms with Crippen molar-refractivity contribution in [2.75, 3.05) is 26.2 Å². The Morgan fingerprint density at radius 3 is 2.29 bits per heavy atom. The maximum absolute atomic E-state index is 13.2. The Kier molecular flexibility index (Phi) is 6.12. The van der Waals surface area contributed by atoms with Gasteiger partial charge in [0.15, 0.2) is 0 Å². The first-order valence-electron chi connectivity index (χ1n) is 11.3. The average molecular weight is 495 g/mol. The van der Waals surface area contributed by atoms with E-state index in [9.17, 15) is 22.4 Å². The molecule has 0 saturated carbocycles. The van der Waals surface area contributed by atoms with E-state index in [2.05, 4.69) is 0 Å². The van der Waals surface area contributed by atoms with Gasteiger partial charge in [-0.1, -0.05) is 30.3 Å². The molecule has 1 atom stereocenters. The first kappa shape index (κ1) is 23.2. The Bertz CT molecular complexity index is 1370. The van der Waals surface area contributed by atoms with Gasteiger partial charge in [-0.05, 0) is 53.6 Å². The summed E-state index contributed by atoms with van der Waals surface area (Å²) >= 11 is 0. The normalized spacial score (nSPS) is 18.6. The van der Waals surface area contributed by atoms with Crippen LogP contribution in [0.5, 0.6) is 0 Å². The average Bonchev–Trinajstić information content (AvgIpc) is 2.88. The van der Waals surface area contributed by atoms with Crippen molar-refractivity contribution in [2.24, 2.45) is 0 Å². The van der Waals surface area contributed by atoms with Crippen molar-refractivity contribution in [3.63, 3.8) is 0 Å². The molecule has 2 aliphatic heterocycles. The molecule has 1 fully saturated rings. The van der Waals surface area contributed by atoms with E-state index in [1.807, 2.05) is 30.3 Å². The van der Waals surface area contributed by atoms with Gasteiger partial charge in [0.2, 0.25) is 10.0 Å². The highest BCUT2D eigenvalue weighted by molar-refractivity contribution is 7.89. The van der Waals surface area contributed by atoms with Gasteiger partial charge in [-0.2, -0.15) is 4.31 Å². The number of fused-ring (bicyclic) bond motifs is 1. The minimum Gasteiger partial charge on any atom is -0.454 e. The summed E-state index contributed by atoms with van der Waals surface area (Å²) in [7, 11) is -3.77. The van der Waals surface area contributed by atoms with Gasteiger partial charge in [0.1, 0.15) is 11.9 Å². The van der Waals surface area contributed by atoms with Crippen LogP contribution >= 0.6 is 0 Å². The fourth-order valence-corrected chi connectivity index (χ4v) is 5.87. The van der Waals surface area contributed by atoms with Crippen LogP contribution in [0, 0.1) is 5.82 Å². The second kappa shape index (κ2) is 9.24. The predicted octanol–water partition coefficient (Wildman–Crippen LogP) is 3.43. The number of nitrogens with zero attached hydrogens (tertiary/aromatic N) is 2. The number of piperazine rings is 1. The molecule has 2 aliphatic rings. The lowest BCUT2D eigenvalue weighted by atomic mass is 9.93. The van der Waals surface area contributed by atoms with Crippen molar-refractivity contribution >= 4 is 21.9 Å². The minimum absolute atomic E-state index is 0.0215. The third-order valence-electron chi connectivity index (χ3n) is 6.38. The van der Waals surface area contributed by atoms with Crippen molar-refractivity contribution in [2.45, 2.75) is 17.4 Å². The number of halogens is 1. The molecule has 35 heavy (non-hydrogen) atoms. The second-order valence-electron chi connectivity index (χ2n) is 8.53. The molecular weight excluding hydrogens is 471 g/mol. The van der Waals surface area contributed by atoms with Gasteiger partial charge < -0.3 is 9.64 Å². The minimum atomic E-state index is -3.77. The van der Waals surface area contributed by atoms with E-state index in [0.717, 1.165) is 23.3 Å². The van der Waals surface area contributed by atoms with Crippen LogP contribution in [0.1, 0.15) is 37.9 Å². The SMILES string of the molecule is O=C1OC(c2ccccc2)Cc2cc(C(=O)N3CCN(S(=O)(=O)c4ccc(F)cc4)CC3)ccc21. The third-order valence-corrected chi connectivity index (χ3v) is 8.29. The third kappa shape index (κ3) is 4.56. The fraction of sp³-hybridized carbons (Fsp3) is 0.231. The molecular formula is C26H23FN2O5S. The van der Waals surface area contributed by atoms with Gasteiger partial charge in [-0.25, -0.2) is 17.6 Å². The number of rotatable bonds is 4. The van der Waals surface area contributed by atoms with Crippen molar-refractivity contribution in [1.29, 1.82) is 0 Å². The summed E-state index contributed by atoms with van der Waals surface area (Å²) in [5.74, 6) is -1.15. The molecule has 1 amide bonds. The number of sulfonamides is 1. The van der Waals surface area contributed by atoms with Gasteiger partial charge in [-0.3, -0.25) is 4.79 Å². The highest BCUT2D eigenvalue weighted by atomic mass is 32.2. The number of ether oxygens (including phenoxy) is 1. The van der Waals surface area contributed by atoms with E-state index in [0.29, 0.717) is 17.5 Å². The number of carbonyl (C=O) groups is 2. The molecule has 0 N–H and O–H groups in total. The van der Waals surface area contributed by atoms with Crippen LogP contribution in [0.2, 0.25) is 0 Å². The molecule has 3 aromatic carbocycles. The summed E-state index contributed by atoms with van der Waals surface area (Å²) in [5, 5.41) is 0. The van der Waals surface area contributed by atoms with Gasteiger partial charge in [-0.15, -0.1) is 0 Å². The van der Waals surface area contributed by atoms with E-state index >= 15 is 0 Å². The lowest BCUT2D eigenvalue weighted by Gasteiger charge is -2.34.